The number of allylic oxidation sites excluding steroid dienone is 22. The number of quaternary nitrogens is 1. The number of rotatable bonds is 63. The number of carbonyl (C=O) groups is 2. The van der Waals surface area contributed by atoms with E-state index in [-0.39, 0.29) is 32.0 Å². The molecule has 0 aliphatic heterocycles. The molecule has 0 aromatic carbocycles. The molecular formula is C76H131NO8P+. The van der Waals surface area contributed by atoms with Crippen LogP contribution < -0.4 is 0 Å². The molecule has 0 saturated carbocycles. The number of hydrogen-bond donors (Lipinski definition) is 1. The summed E-state index contributed by atoms with van der Waals surface area (Å²) in [6.07, 6.45) is 95.5. The highest BCUT2D eigenvalue weighted by molar-refractivity contribution is 7.47. The van der Waals surface area contributed by atoms with Crippen LogP contribution in [0.5, 0.6) is 0 Å². The summed E-state index contributed by atoms with van der Waals surface area (Å²) in [7, 11) is 1.46. The van der Waals surface area contributed by atoms with Crippen molar-refractivity contribution < 1.29 is 42.1 Å². The van der Waals surface area contributed by atoms with Gasteiger partial charge in [-0.25, -0.2) is 4.57 Å². The van der Waals surface area contributed by atoms with Crippen LogP contribution in [0.15, 0.2) is 134 Å². The largest absolute Gasteiger partial charge is 0.472 e. The van der Waals surface area contributed by atoms with Crippen molar-refractivity contribution in [1.82, 2.24) is 0 Å². The zero-order valence-corrected chi connectivity index (χ0v) is 56.9. The lowest BCUT2D eigenvalue weighted by Gasteiger charge is -2.24. The lowest BCUT2D eigenvalue weighted by Crippen LogP contribution is -2.37. The van der Waals surface area contributed by atoms with E-state index in [4.69, 9.17) is 18.5 Å². The van der Waals surface area contributed by atoms with Gasteiger partial charge in [-0.3, -0.25) is 18.6 Å². The van der Waals surface area contributed by atoms with Crippen molar-refractivity contribution >= 4 is 19.8 Å². The highest BCUT2D eigenvalue weighted by Gasteiger charge is 2.27. The summed E-state index contributed by atoms with van der Waals surface area (Å²) < 4.78 is 34.7. The maximum atomic E-state index is 12.9. The molecule has 0 spiro atoms. The van der Waals surface area contributed by atoms with Crippen molar-refractivity contribution in [3.63, 3.8) is 0 Å². The Morgan fingerprint density at radius 1 is 0.372 bits per heavy atom. The number of esters is 2. The van der Waals surface area contributed by atoms with Crippen LogP contribution in [0, 0.1) is 0 Å². The van der Waals surface area contributed by atoms with Gasteiger partial charge in [-0.05, 0) is 116 Å². The van der Waals surface area contributed by atoms with Crippen LogP contribution in [-0.4, -0.2) is 74.9 Å². The predicted octanol–water partition coefficient (Wildman–Crippen LogP) is 22.8. The SMILES string of the molecule is CC/C=C\C/C=C\C/C=C\C/C=C\C/C=C\C/C=C\C/C=C\C/C=C\CCCCCCCCCCCCCCCCC(=O)OC(COC(=O)CCCCCCCCCC/C=C\C/C=C\C/C=C\CCCCCCC)COP(=O)(O)OCC[N+](C)(C)C. The second-order valence-electron chi connectivity index (χ2n) is 24.2. The van der Waals surface area contributed by atoms with Crippen molar-refractivity contribution in [2.75, 3.05) is 47.5 Å². The third-order valence-corrected chi connectivity index (χ3v) is 15.6. The van der Waals surface area contributed by atoms with Crippen LogP contribution in [0.4, 0.5) is 0 Å². The van der Waals surface area contributed by atoms with E-state index in [1.807, 2.05) is 21.1 Å². The number of phosphoric acid groups is 1. The molecule has 0 saturated heterocycles. The van der Waals surface area contributed by atoms with Crippen LogP contribution in [0.2, 0.25) is 0 Å². The molecule has 0 aromatic rings. The topological polar surface area (TPSA) is 108 Å². The van der Waals surface area contributed by atoms with Crippen LogP contribution in [0.25, 0.3) is 0 Å². The van der Waals surface area contributed by atoms with Gasteiger partial charge >= 0.3 is 19.8 Å². The second kappa shape index (κ2) is 65.6. The van der Waals surface area contributed by atoms with Gasteiger partial charge < -0.3 is 18.9 Å². The zero-order valence-electron chi connectivity index (χ0n) is 56.0. The first kappa shape index (κ1) is 82.1. The van der Waals surface area contributed by atoms with Crippen molar-refractivity contribution in [1.29, 1.82) is 0 Å². The molecule has 0 aliphatic rings. The lowest BCUT2D eigenvalue weighted by atomic mass is 10.0. The molecule has 9 nitrogen and oxygen atoms in total. The summed E-state index contributed by atoms with van der Waals surface area (Å²) in [5.74, 6) is -0.806. The quantitative estimate of drug-likeness (QED) is 0.0211. The van der Waals surface area contributed by atoms with E-state index in [0.717, 1.165) is 116 Å². The smallest absolute Gasteiger partial charge is 0.462 e. The minimum absolute atomic E-state index is 0.0252. The number of phosphoric ester groups is 1. The minimum Gasteiger partial charge on any atom is -0.462 e. The summed E-state index contributed by atoms with van der Waals surface area (Å²) >= 11 is 0. The fraction of sp³-hybridized carbons (Fsp3) is 0.684. The Morgan fingerprint density at radius 2 is 0.663 bits per heavy atom. The Bertz CT molecular complexity index is 1910. The Labute approximate surface area is 530 Å². The Kier molecular flexibility index (Phi) is 62.7. The molecule has 2 unspecified atom stereocenters. The van der Waals surface area contributed by atoms with Gasteiger partial charge in [-0.2, -0.15) is 0 Å². The standard InChI is InChI=1S/C76H130NO8P/c1-6-8-10-12-14-16-18-20-22-24-26-28-30-31-32-33-34-35-36-37-38-39-40-41-42-43-44-45-47-49-51-53-55-57-59-61-63-65-67-69-76(79)85-74(73-84-86(80,81)83-71-70-77(3,4)5)72-82-75(78)68-66-64-62-60-58-56-54-52-50-48-46-29-27-25-23-21-19-17-15-13-11-9-7-2/h8,10,14,16,19-22,25-28,31-32,34-35,37-38,40-41,46,48,74H,6-7,9,11-13,15,17-18,23-24,29-30,33,36,39,42-45,47,49-73H2,1-5H3/p+1/b10-8-,16-14-,21-19-,22-20-,27-25-,28-26-,32-31-,35-34-,38-37-,41-40-,48-46-. The van der Waals surface area contributed by atoms with E-state index in [1.165, 1.54) is 135 Å². The summed E-state index contributed by atoms with van der Waals surface area (Å²) in [5, 5.41) is 0. The van der Waals surface area contributed by atoms with Crippen LogP contribution in [-0.2, 0) is 32.7 Å². The summed E-state index contributed by atoms with van der Waals surface area (Å²) in [6, 6.07) is 0. The van der Waals surface area contributed by atoms with Gasteiger partial charge in [0.05, 0.1) is 27.7 Å². The van der Waals surface area contributed by atoms with E-state index in [0.29, 0.717) is 17.4 Å². The molecule has 1 N–H and O–H groups in total. The first-order valence-electron chi connectivity index (χ1n) is 34.9. The van der Waals surface area contributed by atoms with Crippen LogP contribution in [0.3, 0.4) is 0 Å². The predicted molar refractivity (Wildman–Crippen MR) is 371 cm³/mol. The molecule has 0 radical (unpaired) electrons. The van der Waals surface area contributed by atoms with Gasteiger partial charge in [0.1, 0.15) is 19.8 Å². The normalized spacial score (nSPS) is 14.0. The lowest BCUT2D eigenvalue weighted by molar-refractivity contribution is -0.870. The monoisotopic (exact) mass is 1220 g/mol. The molecule has 10 heteroatoms. The fourth-order valence-corrected chi connectivity index (χ4v) is 10.1. The molecule has 2 atom stereocenters. The summed E-state index contributed by atoms with van der Waals surface area (Å²) in [5.41, 5.74) is 0. The zero-order chi connectivity index (χ0) is 62.6. The molecular weight excluding hydrogens is 1090 g/mol. The highest BCUT2D eigenvalue weighted by Crippen LogP contribution is 2.43. The van der Waals surface area contributed by atoms with Crippen LogP contribution >= 0.6 is 7.82 Å². The average Bonchev–Trinajstić information content (AvgIpc) is 3.56. The van der Waals surface area contributed by atoms with E-state index in [9.17, 15) is 19.0 Å². The van der Waals surface area contributed by atoms with E-state index in [1.54, 1.807) is 0 Å². The highest BCUT2D eigenvalue weighted by atomic mass is 31.2. The fourth-order valence-electron chi connectivity index (χ4n) is 9.33. The number of hydrogen-bond acceptors (Lipinski definition) is 7. The molecule has 0 rings (SSSR count). The Hall–Kier alpha value is -3.85. The number of likely N-dealkylation sites (N-methyl/N-ethyl adjacent to an activating group) is 1. The first-order valence-corrected chi connectivity index (χ1v) is 36.4. The Balaban J connectivity index is 4.07. The van der Waals surface area contributed by atoms with Crippen LogP contribution in [0.1, 0.15) is 284 Å². The van der Waals surface area contributed by atoms with Gasteiger partial charge in [0.15, 0.2) is 6.10 Å². The molecule has 0 heterocycles. The minimum atomic E-state index is -4.40. The van der Waals surface area contributed by atoms with E-state index < -0.39 is 26.5 Å². The average molecular weight is 1220 g/mol. The molecule has 86 heavy (non-hydrogen) atoms. The number of unbranched alkanes of at least 4 members (excludes halogenated alkanes) is 27. The third-order valence-electron chi connectivity index (χ3n) is 14.7. The van der Waals surface area contributed by atoms with E-state index >= 15 is 0 Å². The molecule has 492 valence electrons. The maximum absolute atomic E-state index is 12.9. The molecule has 0 fully saturated rings. The van der Waals surface area contributed by atoms with Gasteiger partial charge in [-0.1, -0.05) is 289 Å². The Morgan fingerprint density at radius 3 is 0.988 bits per heavy atom. The van der Waals surface area contributed by atoms with Crippen molar-refractivity contribution in [2.24, 2.45) is 0 Å². The van der Waals surface area contributed by atoms with Gasteiger partial charge in [0.2, 0.25) is 0 Å². The van der Waals surface area contributed by atoms with E-state index in [2.05, 4.69) is 148 Å². The second-order valence-corrected chi connectivity index (χ2v) is 25.6. The molecule has 0 aromatic heterocycles. The van der Waals surface area contributed by atoms with Crippen molar-refractivity contribution in [3.05, 3.63) is 134 Å². The number of nitrogens with zero attached hydrogens (tertiary/aromatic N) is 1. The first-order chi connectivity index (χ1) is 42.0. The molecule has 0 bridgehead atoms. The maximum Gasteiger partial charge on any atom is 0.472 e. The summed E-state index contributed by atoms with van der Waals surface area (Å²) in [4.78, 5) is 35.9. The molecule has 0 amide bonds. The van der Waals surface area contributed by atoms with Gasteiger partial charge in [0, 0.05) is 12.8 Å². The summed E-state index contributed by atoms with van der Waals surface area (Å²) in [6.45, 7) is 4.31. The van der Waals surface area contributed by atoms with Crippen molar-refractivity contribution in [2.45, 2.75) is 290 Å². The van der Waals surface area contributed by atoms with Gasteiger partial charge in [-0.15, -0.1) is 0 Å². The molecule has 0 aliphatic carbocycles. The van der Waals surface area contributed by atoms with Crippen molar-refractivity contribution in [3.8, 4) is 0 Å². The van der Waals surface area contributed by atoms with Gasteiger partial charge in [0.25, 0.3) is 0 Å². The third kappa shape index (κ3) is 69.3. The number of ether oxygens (including phenoxy) is 2. The number of carbonyl (C=O) groups excluding carboxylic acids is 2.